The number of carbonyl (C=O) groups is 2. The summed E-state index contributed by atoms with van der Waals surface area (Å²) in [6, 6.07) is -0.186. The smallest absolute Gasteiger partial charge is 0.309 e. The van der Waals surface area contributed by atoms with Gasteiger partial charge in [0.25, 0.3) is 5.91 Å². The Morgan fingerprint density at radius 3 is 2.65 bits per heavy atom. The summed E-state index contributed by atoms with van der Waals surface area (Å²) < 4.78 is 0. The predicted octanol–water partition coefficient (Wildman–Crippen LogP) is 3.02. The Morgan fingerprint density at radius 2 is 2.05 bits per heavy atom. The van der Waals surface area contributed by atoms with Crippen LogP contribution in [0.4, 0.5) is 9.93 Å². The molecule has 0 unspecified atom stereocenters. The molecule has 2 fully saturated rings. The lowest BCUT2D eigenvalue weighted by Gasteiger charge is -2.38. The fourth-order valence-corrected chi connectivity index (χ4v) is 3.99. The van der Waals surface area contributed by atoms with Crippen molar-refractivity contribution in [3.05, 3.63) is 11.6 Å². The summed E-state index contributed by atoms with van der Waals surface area (Å²) in [5.41, 5.74) is -0.600. The van der Waals surface area contributed by atoms with E-state index in [4.69, 9.17) is 0 Å². The standard InChI is InChI=1S/C14H19N3O2S/c1-2-9-16-13(19)17(12-15-8-10-20-12)11(18)14(16)6-4-3-5-7-14/h8,10H,2-7,9H2,1H3. The first-order valence-electron chi connectivity index (χ1n) is 7.26. The highest BCUT2D eigenvalue weighted by atomic mass is 32.1. The maximum Gasteiger partial charge on any atom is 0.334 e. The van der Waals surface area contributed by atoms with Crippen LogP contribution in [0.15, 0.2) is 11.6 Å². The molecule has 108 valence electrons. The molecule has 1 aromatic rings. The van der Waals surface area contributed by atoms with Crippen molar-refractivity contribution < 1.29 is 9.59 Å². The number of thiazole rings is 1. The Hall–Kier alpha value is -1.43. The first kappa shape index (κ1) is 13.5. The summed E-state index contributed by atoms with van der Waals surface area (Å²) in [5, 5.41) is 2.30. The van der Waals surface area contributed by atoms with Crippen molar-refractivity contribution in [2.45, 2.75) is 51.0 Å². The molecule has 1 spiro atoms. The van der Waals surface area contributed by atoms with E-state index in [2.05, 4.69) is 4.98 Å². The lowest BCUT2D eigenvalue weighted by Crippen LogP contribution is -2.51. The molecule has 0 aromatic carbocycles. The lowest BCUT2D eigenvalue weighted by atomic mass is 9.80. The van der Waals surface area contributed by atoms with E-state index >= 15 is 0 Å². The van der Waals surface area contributed by atoms with Gasteiger partial charge in [-0.25, -0.2) is 14.7 Å². The quantitative estimate of drug-likeness (QED) is 0.805. The number of imide groups is 1. The minimum absolute atomic E-state index is 0.0643. The van der Waals surface area contributed by atoms with Crippen LogP contribution < -0.4 is 4.90 Å². The highest BCUT2D eigenvalue weighted by molar-refractivity contribution is 7.14. The van der Waals surface area contributed by atoms with Crippen molar-refractivity contribution in [2.75, 3.05) is 11.4 Å². The first-order valence-corrected chi connectivity index (χ1v) is 8.14. The number of urea groups is 1. The van der Waals surface area contributed by atoms with Crippen LogP contribution in [0.5, 0.6) is 0 Å². The summed E-state index contributed by atoms with van der Waals surface area (Å²) in [6.07, 6.45) is 7.28. The molecular formula is C14H19N3O2S. The molecular weight excluding hydrogens is 274 g/mol. The zero-order chi connectivity index (χ0) is 14.2. The number of carbonyl (C=O) groups excluding carboxylic acids is 2. The van der Waals surface area contributed by atoms with Gasteiger partial charge in [-0.3, -0.25) is 4.79 Å². The number of rotatable bonds is 3. The average molecular weight is 293 g/mol. The van der Waals surface area contributed by atoms with Crippen LogP contribution in [-0.2, 0) is 4.79 Å². The van der Waals surface area contributed by atoms with Crippen molar-refractivity contribution in [3.63, 3.8) is 0 Å². The molecule has 0 radical (unpaired) electrons. The van der Waals surface area contributed by atoms with Gasteiger partial charge in [0.2, 0.25) is 5.13 Å². The molecule has 1 saturated carbocycles. The third-order valence-corrected chi connectivity index (χ3v) is 5.04. The van der Waals surface area contributed by atoms with Crippen LogP contribution in [0.25, 0.3) is 0 Å². The maximum atomic E-state index is 12.9. The van der Waals surface area contributed by atoms with Gasteiger partial charge < -0.3 is 4.90 Å². The summed E-state index contributed by atoms with van der Waals surface area (Å²) in [5.74, 6) is -0.0643. The Morgan fingerprint density at radius 1 is 1.30 bits per heavy atom. The van der Waals surface area contributed by atoms with E-state index in [0.29, 0.717) is 11.7 Å². The predicted molar refractivity (Wildman–Crippen MR) is 77.8 cm³/mol. The number of nitrogens with zero attached hydrogens (tertiary/aromatic N) is 3. The molecule has 0 N–H and O–H groups in total. The first-order chi connectivity index (χ1) is 9.70. The topological polar surface area (TPSA) is 53.5 Å². The molecule has 3 amide bonds. The van der Waals surface area contributed by atoms with Gasteiger partial charge in [0.15, 0.2) is 0 Å². The summed E-state index contributed by atoms with van der Waals surface area (Å²) in [7, 11) is 0. The van der Waals surface area contributed by atoms with Crippen molar-refractivity contribution in [3.8, 4) is 0 Å². The molecule has 1 saturated heterocycles. The molecule has 2 heterocycles. The van der Waals surface area contributed by atoms with Crippen LogP contribution >= 0.6 is 11.3 Å². The highest BCUT2D eigenvalue weighted by Crippen LogP contribution is 2.42. The average Bonchev–Trinajstić information content (AvgIpc) is 3.04. The van der Waals surface area contributed by atoms with Crippen molar-refractivity contribution in [1.82, 2.24) is 9.88 Å². The van der Waals surface area contributed by atoms with E-state index in [1.807, 2.05) is 6.92 Å². The van der Waals surface area contributed by atoms with Gasteiger partial charge in [0.05, 0.1) is 0 Å². The number of hydrogen-bond donors (Lipinski definition) is 0. The second-order valence-electron chi connectivity index (χ2n) is 5.48. The van der Waals surface area contributed by atoms with Gasteiger partial charge in [-0.1, -0.05) is 26.2 Å². The van der Waals surface area contributed by atoms with E-state index in [0.717, 1.165) is 38.5 Å². The third-order valence-electron chi connectivity index (χ3n) is 4.28. The molecule has 0 atom stereocenters. The fourth-order valence-electron chi connectivity index (χ4n) is 3.36. The lowest BCUT2D eigenvalue weighted by molar-refractivity contribution is -0.126. The van der Waals surface area contributed by atoms with Crippen molar-refractivity contribution >= 4 is 28.4 Å². The maximum absolute atomic E-state index is 12.9. The second-order valence-corrected chi connectivity index (χ2v) is 6.35. The minimum atomic E-state index is -0.600. The highest BCUT2D eigenvalue weighted by Gasteiger charge is 2.57. The van der Waals surface area contributed by atoms with Crippen LogP contribution in [-0.4, -0.2) is 33.9 Å². The summed E-state index contributed by atoms with van der Waals surface area (Å²) in [4.78, 5) is 32.8. The molecule has 1 aromatic heterocycles. The molecule has 20 heavy (non-hydrogen) atoms. The van der Waals surface area contributed by atoms with E-state index in [-0.39, 0.29) is 11.9 Å². The van der Waals surface area contributed by atoms with Gasteiger partial charge in [-0.05, 0) is 19.3 Å². The molecule has 1 aliphatic carbocycles. The Kier molecular flexibility index (Phi) is 3.50. The zero-order valence-corrected chi connectivity index (χ0v) is 12.5. The Balaban J connectivity index is 2.00. The van der Waals surface area contributed by atoms with Crippen LogP contribution in [0, 0.1) is 0 Å². The van der Waals surface area contributed by atoms with E-state index in [1.165, 1.54) is 16.2 Å². The Labute approximate surface area is 122 Å². The molecule has 2 aliphatic rings. The van der Waals surface area contributed by atoms with Gasteiger partial charge in [0.1, 0.15) is 5.54 Å². The van der Waals surface area contributed by atoms with E-state index in [1.54, 1.807) is 16.5 Å². The third kappa shape index (κ3) is 1.85. The number of hydrogen-bond acceptors (Lipinski definition) is 4. The van der Waals surface area contributed by atoms with Gasteiger partial charge in [-0.15, -0.1) is 11.3 Å². The Bertz CT molecular complexity index is 508. The van der Waals surface area contributed by atoms with Crippen LogP contribution in [0.2, 0.25) is 0 Å². The molecule has 5 nitrogen and oxygen atoms in total. The van der Waals surface area contributed by atoms with Crippen molar-refractivity contribution in [1.29, 1.82) is 0 Å². The molecule has 1 aliphatic heterocycles. The van der Waals surface area contributed by atoms with Gasteiger partial charge in [0, 0.05) is 18.1 Å². The van der Waals surface area contributed by atoms with Gasteiger partial charge >= 0.3 is 6.03 Å². The fraction of sp³-hybridized carbons (Fsp3) is 0.643. The van der Waals surface area contributed by atoms with Gasteiger partial charge in [-0.2, -0.15) is 0 Å². The molecule has 6 heteroatoms. The number of aromatic nitrogens is 1. The normalized spacial score (nSPS) is 22.1. The summed E-state index contributed by atoms with van der Waals surface area (Å²) in [6.45, 7) is 2.69. The molecule has 3 rings (SSSR count). The monoisotopic (exact) mass is 293 g/mol. The van der Waals surface area contributed by atoms with E-state index < -0.39 is 5.54 Å². The number of anilines is 1. The molecule has 0 bridgehead atoms. The zero-order valence-electron chi connectivity index (χ0n) is 11.7. The van der Waals surface area contributed by atoms with Crippen LogP contribution in [0.3, 0.4) is 0 Å². The van der Waals surface area contributed by atoms with Crippen LogP contribution in [0.1, 0.15) is 45.4 Å². The van der Waals surface area contributed by atoms with Crippen molar-refractivity contribution in [2.24, 2.45) is 0 Å². The second kappa shape index (κ2) is 5.16. The largest absolute Gasteiger partial charge is 0.334 e. The van der Waals surface area contributed by atoms with E-state index in [9.17, 15) is 9.59 Å². The number of amides is 3. The summed E-state index contributed by atoms with van der Waals surface area (Å²) >= 11 is 1.34. The SMILES string of the molecule is CCCN1C(=O)N(c2nccs2)C(=O)C12CCCCC2. The minimum Gasteiger partial charge on any atom is -0.309 e.